The summed E-state index contributed by atoms with van der Waals surface area (Å²) in [5.41, 5.74) is 5.12. The van der Waals surface area contributed by atoms with Crippen LogP contribution >= 0.6 is 0 Å². The summed E-state index contributed by atoms with van der Waals surface area (Å²) in [6, 6.07) is 0. The van der Waals surface area contributed by atoms with Crippen molar-refractivity contribution in [3.8, 4) is 0 Å². The first-order valence-corrected chi connectivity index (χ1v) is 5.19. The molecular weight excluding hydrogens is 194 g/mol. The molecule has 1 aliphatic carbocycles. The van der Waals surface area contributed by atoms with E-state index in [-0.39, 0.29) is 18.4 Å². The van der Waals surface area contributed by atoms with Crippen LogP contribution in [0.25, 0.3) is 0 Å². The first-order chi connectivity index (χ1) is 6.90. The van der Waals surface area contributed by atoms with E-state index in [0.29, 0.717) is 6.54 Å². The molecule has 0 aromatic carbocycles. The molecule has 0 aromatic heterocycles. The first-order valence-electron chi connectivity index (χ1n) is 5.19. The van der Waals surface area contributed by atoms with E-state index in [9.17, 15) is 9.59 Å². The molecule has 2 N–H and O–H groups in total. The number of likely N-dealkylation sites (N-methyl/N-ethyl adjacent to an activating group) is 2. The van der Waals surface area contributed by atoms with Gasteiger partial charge in [-0.3, -0.25) is 9.59 Å². The van der Waals surface area contributed by atoms with Crippen molar-refractivity contribution in [3.63, 3.8) is 0 Å². The van der Waals surface area contributed by atoms with Gasteiger partial charge in [0.25, 0.3) is 0 Å². The predicted molar refractivity (Wildman–Crippen MR) is 57.1 cm³/mol. The lowest BCUT2D eigenvalue weighted by Crippen LogP contribution is -2.49. The Morgan fingerprint density at radius 2 is 1.87 bits per heavy atom. The van der Waals surface area contributed by atoms with E-state index in [1.165, 1.54) is 9.80 Å². The van der Waals surface area contributed by atoms with Gasteiger partial charge in [0.1, 0.15) is 0 Å². The summed E-state index contributed by atoms with van der Waals surface area (Å²) >= 11 is 0. The van der Waals surface area contributed by atoms with Crippen molar-refractivity contribution in [1.29, 1.82) is 0 Å². The van der Waals surface area contributed by atoms with Crippen molar-refractivity contribution in [2.24, 2.45) is 5.73 Å². The fourth-order valence-corrected chi connectivity index (χ4v) is 1.30. The highest BCUT2D eigenvalue weighted by Crippen LogP contribution is 2.33. The smallest absolute Gasteiger partial charge is 0.243 e. The largest absolute Gasteiger partial charge is 0.347 e. The number of hydrogen-bond donors (Lipinski definition) is 1. The second-order valence-corrected chi connectivity index (χ2v) is 4.26. The summed E-state index contributed by atoms with van der Waals surface area (Å²) in [4.78, 5) is 26.3. The third kappa shape index (κ3) is 2.68. The lowest BCUT2D eigenvalue weighted by atomic mass is 10.2. The molecule has 5 nitrogen and oxygen atoms in total. The van der Waals surface area contributed by atoms with E-state index in [1.54, 1.807) is 14.1 Å². The molecule has 0 spiro atoms. The molecule has 0 bridgehead atoms. The molecule has 0 aliphatic heterocycles. The molecule has 0 heterocycles. The second kappa shape index (κ2) is 4.18. The Morgan fingerprint density at radius 1 is 1.33 bits per heavy atom. The predicted octanol–water partition coefficient (Wildman–Crippen LogP) is -0.586. The van der Waals surface area contributed by atoms with Crippen molar-refractivity contribution in [2.45, 2.75) is 25.3 Å². The zero-order valence-electron chi connectivity index (χ0n) is 9.62. The quantitative estimate of drug-likeness (QED) is 0.679. The van der Waals surface area contributed by atoms with Gasteiger partial charge in [-0.2, -0.15) is 0 Å². The van der Waals surface area contributed by atoms with Gasteiger partial charge in [-0.15, -0.1) is 0 Å². The van der Waals surface area contributed by atoms with E-state index >= 15 is 0 Å². The first kappa shape index (κ1) is 12.0. The molecule has 2 amide bonds. The SMILES string of the molecule is CCN(CC(=O)N(C)C)C(=O)C1(N)CC1. The van der Waals surface area contributed by atoms with Crippen molar-refractivity contribution in [2.75, 3.05) is 27.2 Å². The summed E-state index contributed by atoms with van der Waals surface area (Å²) in [6.45, 7) is 2.51. The minimum Gasteiger partial charge on any atom is -0.347 e. The molecule has 1 rings (SSSR count). The molecule has 0 unspecified atom stereocenters. The molecule has 15 heavy (non-hydrogen) atoms. The highest BCUT2D eigenvalue weighted by molar-refractivity contribution is 5.92. The van der Waals surface area contributed by atoms with Crippen LogP contribution in [0, 0.1) is 0 Å². The Kier molecular flexibility index (Phi) is 3.34. The molecule has 1 aliphatic rings. The Bertz CT molecular complexity index is 272. The van der Waals surface area contributed by atoms with Crippen LogP contribution in [-0.2, 0) is 9.59 Å². The number of rotatable bonds is 4. The maximum absolute atomic E-state index is 11.8. The van der Waals surface area contributed by atoms with Gasteiger partial charge in [0.05, 0.1) is 12.1 Å². The van der Waals surface area contributed by atoms with Crippen LogP contribution < -0.4 is 5.73 Å². The normalized spacial score (nSPS) is 17.1. The summed E-state index contributed by atoms with van der Waals surface area (Å²) in [7, 11) is 3.35. The van der Waals surface area contributed by atoms with Crippen molar-refractivity contribution >= 4 is 11.8 Å². The molecule has 0 aromatic rings. The van der Waals surface area contributed by atoms with Crippen molar-refractivity contribution in [3.05, 3.63) is 0 Å². The number of nitrogens with two attached hydrogens (primary N) is 1. The van der Waals surface area contributed by atoms with Gasteiger partial charge in [0, 0.05) is 20.6 Å². The fourth-order valence-electron chi connectivity index (χ4n) is 1.30. The Hall–Kier alpha value is -1.10. The number of amides is 2. The van der Waals surface area contributed by atoms with E-state index < -0.39 is 5.54 Å². The third-order valence-electron chi connectivity index (χ3n) is 2.71. The van der Waals surface area contributed by atoms with E-state index in [1.807, 2.05) is 6.92 Å². The van der Waals surface area contributed by atoms with Crippen LogP contribution in [0.3, 0.4) is 0 Å². The summed E-state index contributed by atoms with van der Waals surface area (Å²) < 4.78 is 0. The van der Waals surface area contributed by atoms with Gasteiger partial charge in [-0.05, 0) is 19.8 Å². The van der Waals surface area contributed by atoms with Crippen LogP contribution in [0.5, 0.6) is 0 Å². The lowest BCUT2D eigenvalue weighted by molar-refractivity contribution is -0.140. The van der Waals surface area contributed by atoms with E-state index in [4.69, 9.17) is 5.73 Å². The lowest BCUT2D eigenvalue weighted by Gasteiger charge is -2.24. The molecule has 5 heteroatoms. The third-order valence-corrected chi connectivity index (χ3v) is 2.71. The second-order valence-electron chi connectivity index (χ2n) is 4.26. The van der Waals surface area contributed by atoms with Crippen LogP contribution in [0.4, 0.5) is 0 Å². The topological polar surface area (TPSA) is 66.6 Å². The van der Waals surface area contributed by atoms with Gasteiger partial charge in [0.15, 0.2) is 0 Å². The minimum atomic E-state index is -0.678. The zero-order valence-corrected chi connectivity index (χ0v) is 9.62. The molecule has 0 saturated heterocycles. The fraction of sp³-hybridized carbons (Fsp3) is 0.800. The summed E-state index contributed by atoms with van der Waals surface area (Å²) in [5, 5.41) is 0. The van der Waals surface area contributed by atoms with Crippen LogP contribution in [-0.4, -0.2) is 54.3 Å². The average Bonchev–Trinajstić information content (AvgIpc) is 2.92. The minimum absolute atomic E-state index is 0.0746. The highest BCUT2D eigenvalue weighted by Gasteiger charge is 2.48. The van der Waals surface area contributed by atoms with Gasteiger partial charge >= 0.3 is 0 Å². The monoisotopic (exact) mass is 213 g/mol. The Morgan fingerprint density at radius 3 is 2.20 bits per heavy atom. The molecular formula is C10H19N3O2. The van der Waals surface area contributed by atoms with Crippen molar-refractivity contribution < 1.29 is 9.59 Å². The van der Waals surface area contributed by atoms with E-state index in [0.717, 1.165) is 12.8 Å². The number of nitrogens with zero attached hydrogens (tertiary/aromatic N) is 2. The Labute approximate surface area is 90.2 Å². The average molecular weight is 213 g/mol. The molecule has 86 valence electrons. The van der Waals surface area contributed by atoms with Crippen molar-refractivity contribution in [1.82, 2.24) is 9.80 Å². The summed E-state index contributed by atoms with van der Waals surface area (Å²) in [6.07, 6.45) is 1.47. The van der Waals surface area contributed by atoms with Crippen LogP contribution in [0.2, 0.25) is 0 Å². The highest BCUT2D eigenvalue weighted by atomic mass is 16.2. The number of carbonyl (C=O) groups excluding carboxylic acids is 2. The number of carbonyl (C=O) groups is 2. The van der Waals surface area contributed by atoms with Gasteiger partial charge in [0.2, 0.25) is 11.8 Å². The van der Waals surface area contributed by atoms with Gasteiger partial charge < -0.3 is 15.5 Å². The zero-order chi connectivity index (χ0) is 11.6. The molecule has 0 atom stereocenters. The molecule has 0 radical (unpaired) electrons. The summed E-state index contributed by atoms with van der Waals surface area (Å²) in [5.74, 6) is -0.172. The molecule has 1 fully saturated rings. The Balaban J connectivity index is 2.56. The van der Waals surface area contributed by atoms with Crippen LogP contribution in [0.15, 0.2) is 0 Å². The standard InChI is InChI=1S/C10H19N3O2/c1-4-13(7-8(14)12(2)3)9(15)10(11)5-6-10/h4-7,11H2,1-3H3. The van der Waals surface area contributed by atoms with Gasteiger partial charge in [-0.25, -0.2) is 0 Å². The van der Waals surface area contributed by atoms with E-state index in [2.05, 4.69) is 0 Å². The van der Waals surface area contributed by atoms with Gasteiger partial charge in [-0.1, -0.05) is 0 Å². The number of hydrogen-bond acceptors (Lipinski definition) is 3. The maximum atomic E-state index is 11.8. The maximum Gasteiger partial charge on any atom is 0.243 e. The molecule has 1 saturated carbocycles. The van der Waals surface area contributed by atoms with Crippen LogP contribution in [0.1, 0.15) is 19.8 Å².